The van der Waals surface area contributed by atoms with Crippen molar-refractivity contribution in [1.29, 1.82) is 5.26 Å². The third-order valence-electron chi connectivity index (χ3n) is 3.51. The minimum absolute atomic E-state index is 0.204. The van der Waals surface area contributed by atoms with Crippen LogP contribution in [0.3, 0.4) is 0 Å². The summed E-state index contributed by atoms with van der Waals surface area (Å²) >= 11 is 0. The summed E-state index contributed by atoms with van der Waals surface area (Å²) < 4.78 is 5.21. The van der Waals surface area contributed by atoms with E-state index in [9.17, 15) is 10.1 Å². The van der Waals surface area contributed by atoms with Crippen LogP contribution in [-0.4, -0.2) is 5.91 Å². The molecule has 0 atom stereocenters. The fourth-order valence-electron chi connectivity index (χ4n) is 2.41. The minimum atomic E-state index is -0.204. The molecule has 0 bridgehead atoms. The quantitative estimate of drug-likeness (QED) is 0.798. The molecular formula is C19H14N2O2. The van der Waals surface area contributed by atoms with Crippen LogP contribution >= 0.6 is 0 Å². The predicted octanol–water partition coefficient (Wildman–Crippen LogP) is 3.75. The van der Waals surface area contributed by atoms with Crippen LogP contribution in [0.25, 0.3) is 11.1 Å². The maximum absolute atomic E-state index is 12.5. The minimum Gasteiger partial charge on any atom is -0.467 e. The molecule has 4 nitrogen and oxygen atoms in total. The molecule has 1 amide bonds. The topological polar surface area (TPSA) is 66.0 Å². The first-order chi connectivity index (χ1) is 11.3. The first kappa shape index (κ1) is 14.6. The molecule has 1 heterocycles. The van der Waals surface area contributed by atoms with E-state index in [0.717, 1.165) is 11.1 Å². The summed E-state index contributed by atoms with van der Waals surface area (Å²) in [6.07, 6.45) is 1.57. The molecule has 0 radical (unpaired) electrons. The largest absolute Gasteiger partial charge is 0.467 e. The van der Waals surface area contributed by atoms with Crippen molar-refractivity contribution >= 4 is 5.91 Å². The average molecular weight is 302 g/mol. The molecule has 0 aliphatic carbocycles. The van der Waals surface area contributed by atoms with Gasteiger partial charge >= 0.3 is 0 Å². The van der Waals surface area contributed by atoms with Gasteiger partial charge in [-0.2, -0.15) is 5.26 Å². The number of hydrogen-bond acceptors (Lipinski definition) is 3. The highest BCUT2D eigenvalue weighted by Crippen LogP contribution is 2.26. The van der Waals surface area contributed by atoms with Crippen molar-refractivity contribution in [1.82, 2.24) is 5.32 Å². The van der Waals surface area contributed by atoms with Crippen LogP contribution in [0.4, 0.5) is 0 Å². The number of furan rings is 1. The summed E-state index contributed by atoms with van der Waals surface area (Å²) in [5.41, 5.74) is 2.56. The number of nitriles is 1. The second kappa shape index (κ2) is 6.63. The zero-order valence-electron chi connectivity index (χ0n) is 12.3. The number of hydrogen-bond donors (Lipinski definition) is 1. The second-order valence-electron chi connectivity index (χ2n) is 4.97. The zero-order valence-corrected chi connectivity index (χ0v) is 12.3. The fourth-order valence-corrected chi connectivity index (χ4v) is 2.41. The number of rotatable bonds is 4. The van der Waals surface area contributed by atoms with Gasteiger partial charge in [0.1, 0.15) is 5.76 Å². The monoisotopic (exact) mass is 302 g/mol. The average Bonchev–Trinajstić information content (AvgIpc) is 3.13. The molecule has 0 spiro atoms. The van der Waals surface area contributed by atoms with Crippen LogP contribution in [0.2, 0.25) is 0 Å². The van der Waals surface area contributed by atoms with E-state index < -0.39 is 0 Å². The van der Waals surface area contributed by atoms with E-state index in [4.69, 9.17) is 4.42 Å². The lowest BCUT2D eigenvalue weighted by Gasteiger charge is -2.11. The Morgan fingerprint density at radius 3 is 2.48 bits per heavy atom. The third kappa shape index (κ3) is 3.14. The Balaban J connectivity index is 1.92. The van der Waals surface area contributed by atoms with E-state index in [-0.39, 0.29) is 5.91 Å². The van der Waals surface area contributed by atoms with Gasteiger partial charge in [0.25, 0.3) is 5.91 Å². The van der Waals surface area contributed by atoms with Crippen LogP contribution in [0.15, 0.2) is 71.3 Å². The lowest BCUT2D eigenvalue weighted by Crippen LogP contribution is -2.23. The lowest BCUT2D eigenvalue weighted by atomic mass is 9.95. The lowest BCUT2D eigenvalue weighted by molar-refractivity contribution is 0.0948. The molecule has 3 aromatic rings. The summed E-state index contributed by atoms with van der Waals surface area (Å²) in [4.78, 5) is 12.5. The highest BCUT2D eigenvalue weighted by molar-refractivity contribution is 6.01. The molecule has 0 unspecified atom stereocenters. The van der Waals surface area contributed by atoms with E-state index >= 15 is 0 Å². The molecule has 0 aliphatic rings. The van der Waals surface area contributed by atoms with Crippen molar-refractivity contribution < 1.29 is 9.21 Å². The van der Waals surface area contributed by atoms with Gasteiger partial charge < -0.3 is 9.73 Å². The number of nitrogens with zero attached hydrogens (tertiary/aromatic N) is 1. The number of amides is 1. The summed E-state index contributed by atoms with van der Waals surface area (Å²) in [7, 11) is 0. The molecule has 0 saturated carbocycles. The number of nitrogens with one attached hydrogen (secondary N) is 1. The Morgan fingerprint density at radius 1 is 1.00 bits per heavy atom. The Bertz CT molecular complexity index is 861. The van der Waals surface area contributed by atoms with Crippen LogP contribution in [-0.2, 0) is 6.54 Å². The first-order valence-electron chi connectivity index (χ1n) is 7.18. The number of benzene rings is 2. The first-order valence-corrected chi connectivity index (χ1v) is 7.18. The van der Waals surface area contributed by atoms with Crippen molar-refractivity contribution in [2.75, 3.05) is 0 Å². The number of carbonyl (C=O) groups excluding carboxylic acids is 1. The van der Waals surface area contributed by atoms with Gasteiger partial charge in [-0.1, -0.05) is 36.4 Å². The standard InChI is InChI=1S/C19H14N2O2/c20-12-14-6-1-2-8-16(14)17-9-3-4-10-18(17)19(22)21-13-15-7-5-11-23-15/h1-11H,13H2,(H,21,22). The predicted molar refractivity (Wildman–Crippen MR) is 86.5 cm³/mol. The van der Waals surface area contributed by atoms with Gasteiger partial charge in [-0.25, -0.2) is 0 Å². The van der Waals surface area contributed by atoms with Crippen LogP contribution in [0.1, 0.15) is 21.7 Å². The van der Waals surface area contributed by atoms with Gasteiger partial charge in [0.15, 0.2) is 0 Å². The van der Waals surface area contributed by atoms with Crippen molar-refractivity contribution in [3.05, 3.63) is 83.8 Å². The normalized spacial score (nSPS) is 10.0. The molecule has 2 aromatic carbocycles. The van der Waals surface area contributed by atoms with Gasteiger partial charge in [0.2, 0.25) is 0 Å². The van der Waals surface area contributed by atoms with Crippen molar-refractivity contribution in [3.8, 4) is 17.2 Å². The molecule has 0 fully saturated rings. The van der Waals surface area contributed by atoms with Crippen LogP contribution in [0, 0.1) is 11.3 Å². The van der Waals surface area contributed by atoms with Crippen LogP contribution < -0.4 is 5.32 Å². The van der Waals surface area contributed by atoms with Crippen molar-refractivity contribution in [2.24, 2.45) is 0 Å². The Morgan fingerprint density at radius 2 is 1.74 bits per heavy atom. The van der Waals surface area contributed by atoms with E-state index in [1.54, 1.807) is 36.6 Å². The summed E-state index contributed by atoms with van der Waals surface area (Å²) in [5, 5.41) is 12.1. The zero-order chi connectivity index (χ0) is 16.1. The second-order valence-corrected chi connectivity index (χ2v) is 4.97. The maximum Gasteiger partial charge on any atom is 0.252 e. The van der Waals surface area contributed by atoms with Gasteiger partial charge in [-0.15, -0.1) is 0 Å². The summed E-state index contributed by atoms with van der Waals surface area (Å²) in [5.74, 6) is 0.484. The van der Waals surface area contributed by atoms with Gasteiger partial charge in [0.05, 0.1) is 24.4 Å². The molecule has 0 aliphatic heterocycles. The highest BCUT2D eigenvalue weighted by atomic mass is 16.3. The molecule has 1 aromatic heterocycles. The third-order valence-corrected chi connectivity index (χ3v) is 3.51. The highest BCUT2D eigenvalue weighted by Gasteiger charge is 2.14. The van der Waals surface area contributed by atoms with Crippen molar-refractivity contribution in [2.45, 2.75) is 6.54 Å². The molecular weight excluding hydrogens is 288 g/mol. The Hall–Kier alpha value is -3.32. The fraction of sp³-hybridized carbons (Fsp3) is 0.0526. The molecule has 112 valence electrons. The van der Waals surface area contributed by atoms with Crippen LogP contribution in [0.5, 0.6) is 0 Å². The smallest absolute Gasteiger partial charge is 0.252 e. The molecule has 1 N–H and O–H groups in total. The number of carbonyl (C=O) groups is 1. The maximum atomic E-state index is 12.5. The Kier molecular flexibility index (Phi) is 4.21. The van der Waals surface area contributed by atoms with E-state index in [1.807, 2.05) is 30.3 Å². The van der Waals surface area contributed by atoms with Gasteiger partial charge in [-0.05, 0) is 29.8 Å². The molecule has 23 heavy (non-hydrogen) atoms. The SMILES string of the molecule is N#Cc1ccccc1-c1ccccc1C(=O)NCc1ccco1. The molecule has 4 heteroatoms. The summed E-state index contributed by atoms with van der Waals surface area (Å²) in [6.45, 7) is 0.320. The van der Waals surface area contributed by atoms with Crippen molar-refractivity contribution in [3.63, 3.8) is 0 Å². The van der Waals surface area contributed by atoms with E-state index in [1.165, 1.54) is 0 Å². The van der Waals surface area contributed by atoms with Gasteiger partial charge in [-0.3, -0.25) is 4.79 Å². The van der Waals surface area contributed by atoms with E-state index in [2.05, 4.69) is 11.4 Å². The van der Waals surface area contributed by atoms with Gasteiger partial charge in [0, 0.05) is 11.1 Å². The molecule has 0 saturated heterocycles. The summed E-state index contributed by atoms with van der Waals surface area (Å²) in [6, 6.07) is 20.3. The van der Waals surface area contributed by atoms with E-state index in [0.29, 0.717) is 23.4 Å². The Labute approximate surface area is 134 Å². The molecule has 3 rings (SSSR count).